The molecule has 0 aliphatic carbocycles. The van der Waals surface area contributed by atoms with Crippen LogP contribution in [0.5, 0.6) is 0 Å². The fourth-order valence-corrected chi connectivity index (χ4v) is 3.98. The smallest absolute Gasteiger partial charge is 0.355 e. The number of pyridine rings is 1. The van der Waals surface area contributed by atoms with Gasteiger partial charge in [0, 0.05) is 25.8 Å². The first-order valence-electron chi connectivity index (χ1n) is 8.76. The maximum absolute atomic E-state index is 13.0. The van der Waals surface area contributed by atoms with Crippen LogP contribution in [0, 0.1) is 12.8 Å². The van der Waals surface area contributed by atoms with Crippen LogP contribution in [0.2, 0.25) is 0 Å². The Morgan fingerprint density at radius 2 is 1.85 bits per heavy atom. The number of aryl methyl sites for hydroxylation is 1. The minimum atomic E-state index is -4.43. The molecule has 2 fully saturated rings. The van der Waals surface area contributed by atoms with Crippen LogP contribution in [0.15, 0.2) is 30.6 Å². The van der Waals surface area contributed by atoms with E-state index in [1.807, 2.05) is 11.8 Å². The number of nitrogens with zero attached hydrogens (tertiary/aromatic N) is 5. The van der Waals surface area contributed by atoms with E-state index in [4.69, 9.17) is 0 Å². The molecule has 2 aliphatic heterocycles. The predicted molar refractivity (Wildman–Crippen MR) is 92.1 cm³/mol. The highest BCUT2D eigenvalue weighted by atomic mass is 19.4. The second-order valence-corrected chi connectivity index (χ2v) is 6.94. The summed E-state index contributed by atoms with van der Waals surface area (Å²) in [7, 11) is 0. The zero-order chi connectivity index (χ0) is 18.3. The summed E-state index contributed by atoms with van der Waals surface area (Å²) in [6, 6.07) is 4.31. The third-order valence-corrected chi connectivity index (χ3v) is 5.25. The molecule has 0 amide bonds. The van der Waals surface area contributed by atoms with Crippen LogP contribution >= 0.6 is 0 Å². The Balaban J connectivity index is 1.57. The van der Waals surface area contributed by atoms with Gasteiger partial charge in [-0.3, -0.25) is 4.98 Å². The Labute approximate surface area is 149 Å². The van der Waals surface area contributed by atoms with Crippen molar-refractivity contribution < 1.29 is 13.2 Å². The molecule has 2 aromatic heterocycles. The minimum Gasteiger partial charge on any atom is -0.355 e. The number of anilines is 2. The number of hydrogen-bond acceptors (Lipinski definition) is 5. The highest BCUT2D eigenvalue weighted by Gasteiger charge is 2.40. The fourth-order valence-electron chi connectivity index (χ4n) is 3.98. The minimum absolute atomic E-state index is 0.219. The van der Waals surface area contributed by atoms with Gasteiger partial charge in [-0.15, -0.1) is 0 Å². The molecule has 0 saturated carbocycles. The summed E-state index contributed by atoms with van der Waals surface area (Å²) in [5.74, 6) is 1.76. The molecule has 26 heavy (non-hydrogen) atoms. The van der Waals surface area contributed by atoms with Crippen molar-refractivity contribution in [3.8, 4) is 0 Å². The lowest BCUT2D eigenvalue weighted by molar-refractivity contribution is -0.141. The molecule has 2 saturated heterocycles. The molecular formula is C18H20F3N5. The second-order valence-electron chi connectivity index (χ2n) is 6.94. The van der Waals surface area contributed by atoms with Gasteiger partial charge in [-0.25, -0.2) is 9.97 Å². The van der Waals surface area contributed by atoms with E-state index in [1.54, 1.807) is 18.5 Å². The lowest BCUT2D eigenvalue weighted by Gasteiger charge is -2.39. The molecule has 138 valence electrons. The SMILES string of the molecule is Cc1cncc(N2CCC3CCN(c4cccc(C(F)(F)F)n4)CC32)n1. The summed E-state index contributed by atoms with van der Waals surface area (Å²) >= 11 is 0. The van der Waals surface area contributed by atoms with Crippen molar-refractivity contribution in [3.63, 3.8) is 0 Å². The first-order chi connectivity index (χ1) is 12.4. The van der Waals surface area contributed by atoms with Crippen molar-refractivity contribution in [2.24, 2.45) is 5.92 Å². The monoisotopic (exact) mass is 363 g/mol. The summed E-state index contributed by atoms with van der Waals surface area (Å²) in [5, 5.41) is 0. The Kier molecular flexibility index (Phi) is 4.20. The lowest BCUT2D eigenvalue weighted by Crippen LogP contribution is -2.49. The first-order valence-corrected chi connectivity index (χ1v) is 8.76. The molecule has 0 radical (unpaired) electrons. The van der Waals surface area contributed by atoms with Crippen molar-refractivity contribution in [2.45, 2.75) is 32.0 Å². The number of piperidine rings is 1. The third kappa shape index (κ3) is 3.20. The van der Waals surface area contributed by atoms with Gasteiger partial charge in [-0.2, -0.15) is 13.2 Å². The Morgan fingerprint density at radius 3 is 2.62 bits per heavy atom. The number of fused-ring (bicyclic) bond motifs is 1. The van der Waals surface area contributed by atoms with Gasteiger partial charge in [0.05, 0.1) is 17.9 Å². The zero-order valence-corrected chi connectivity index (χ0v) is 14.4. The fraction of sp³-hybridized carbons (Fsp3) is 0.500. The molecule has 0 bridgehead atoms. The van der Waals surface area contributed by atoms with E-state index in [2.05, 4.69) is 19.9 Å². The summed E-state index contributed by atoms with van der Waals surface area (Å²) in [6.45, 7) is 4.18. The molecule has 2 unspecified atom stereocenters. The summed E-state index contributed by atoms with van der Waals surface area (Å²) in [5.41, 5.74) is 0.0168. The van der Waals surface area contributed by atoms with E-state index in [-0.39, 0.29) is 6.04 Å². The van der Waals surface area contributed by atoms with Gasteiger partial charge in [0.1, 0.15) is 17.3 Å². The summed E-state index contributed by atoms with van der Waals surface area (Å²) in [6.07, 6.45) is 1.07. The average Bonchev–Trinajstić information content (AvgIpc) is 3.04. The summed E-state index contributed by atoms with van der Waals surface area (Å²) in [4.78, 5) is 16.8. The van der Waals surface area contributed by atoms with E-state index in [0.29, 0.717) is 18.3 Å². The molecule has 4 heterocycles. The normalized spacial score (nSPS) is 23.2. The number of hydrogen-bond donors (Lipinski definition) is 0. The van der Waals surface area contributed by atoms with Crippen LogP contribution in [0.3, 0.4) is 0 Å². The molecular weight excluding hydrogens is 343 g/mol. The standard InChI is InChI=1S/C18H20F3N5/c1-12-9-22-10-17(23-12)26-8-6-13-5-7-25(11-14(13)26)16-4-2-3-15(24-16)18(19,20)21/h2-4,9-10,13-14H,5-8,11H2,1H3. The van der Waals surface area contributed by atoms with E-state index in [0.717, 1.165) is 43.5 Å². The van der Waals surface area contributed by atoms with E-state index in [1.165, 1.54) is 6.07 Å². The summed E-state index contributed by atoms with van der Waals surface area (Å²) < 4.78 is 38.9. The highest BCUT2D eigenvalue weighted by molar-refractivity contribution is 5.45. The molecule has 0 aromatic carbocycles. The number of halogens is 3. The quantitative estimate of drug-likeness (QED) is 0.819. The molecule has 2 aliphatic rings. The van der Waals surface area contributed by atoms with Gasteiger partial charge in [-0.1, -0.05) is 6.07 Å². The van der Waals surface area contributed by atoms with E-state index in [9.17, 15) is 13.2 Å². The topological polar surface area (TPSA) is 45.2 Å². The Hall–Kier alpha value is -2.38. The Morgan fingerprint density at radius 1 is 1.04 bits per heavy atom. The van der Waals surface area contributed by atoms with Gasteiger partial charge in [0.25, 0.3) is 0 Å². The average molecular weight is 363 g/mol. The molecule has 2 atom stereocenters. The van der Waals surface area contributed by atoms with Crippen molar-refractivity contribution in [1.29, 1.82) is 0 Å². The molecule has 2 aromatic rings. The largest absolute Gasteiger partial charge is 0.433 e. The maximum atomic E-state index is 13.0. The third-order valence-electron chi connectivity index (χ3n) is 5.25. The first kappa shape index (κ1) is 17.1. The highest BCUT2D eigenvalue weighted by Crippen LogP contribution is 2.36. The Bertz CT molecular complexity index is 794. The molecule has 5 nitrogen and oxygen atoms in total. The van der Waals surface area contributed by atoms with Crippen LogP contribution in [-0.2, 0) is 6.18 Å². The van der Waals surface area contributed by atoms with Crippen molar-refractivity contribution in [1.82, 2.24) is 15.0 Å². The van der Waals surface area contributed by atoms with Crippen LogP contribution in [-0.4, -0.2) is 40.6 Å². The molecule has 0 N–H and O–H groups in total. The van der Waals surface area contributed by atoms with Gasteiger partial charge in [0.15, 0.2) is 0 Å². The van der Waals surface area contributed by atoms with Crippen molar-refractivity contribution in [2.75, 3.05) is 29.4 Å². The zero-order valence-electron chi connectivity index (χ0n) is 14.4. The van der Waals surface area contributed by atoms with Crippen LogP contribution in [0.1, 0.15) is 24.2 Å². The van der Waals surface area contributed by atoms with Crippen molar-refractivity contribution in [3.05, 3.63) is 42.0 Å². The number of aromatic nitrogens is 3. The van der Waals surface area contributed by atoms with Gasteiger partial charge < -0.3 is 9.80 Å². The van der Waals surface area contributed by atoms with Crippen LogP contribution < -0.4 is 9.80 Å². The second kappa shape index (κ2) is 6.41. The van der Waals surface area contributed by atoms with Gasteiger partial charge in [-0.05, 0) is 37.8 Å². The molecule has 4 rings (SSSR count). The number of alkyl halides is 3. The van der Waals surface area contributed by atoms with E-state index >= 15 is 0 Å². The van der Waals surface area contributed by atoms with Crippen molar-refractivity contribution >= 4 is 11.6 Å². The number of rotatable bonds is 2. The van der Waals surface area contributed by atoms with E-state index < -0.39 is 11.9 Å². The lowest BCUT2D eigenvalue weighted by atomic mass is 9.92. The maximum Gasteiger partial charge on any atom is 0.433 e. The van der Waals surface area contributed by atoms with Gasteiger partial charge in [0.2, 0.25) is 0 Å². The molecule has 0 spiro atoms. The van der Waals surface area contributed by atoms with Crippen LogP contribution in [0.4, 0.5) is 24.8 Å². The van der Waals surface area contributed by atoms with Crippen LogP contribution in [0.25, 0.3) is 0 Å². The van der Waals surface area contributed by atoms with Gasteiger partial charge >= 0.3 is 6.18 Å². The predicted octanol–water partition coefficient (Wildman–Crippen LogP) is 3.30. The molecule has 8 heteroatoms.